The molecule has 1 saturated heterocycles. The molecule has 1 aromatic rings. The van der Waals surface area contributed by atoms with E-state index in [2.05, 4.69) is 11.8 Å². The van der Waals surface area contributed by atoms with Crippen LogP contribution < -0.4 is 4.74 Å². The number of para-hydroxylation sites is 1. The Morgan fingerprint density at radius 2 is 2.32 bits per heavy atom. The van der Waals surface area contributed by atoms with E-state index in [1.807, 2.05) is 18.2 Å². The molecule has 1 fully saturated rings. The predicted molar refractivity (Wildman–Crippen MR) is 71.8 cm³/mol. The van der Waals surface area contributed by atoms with Crippen LogP contribution in [-0.2, 0) is 11.2 Å². The molecule has 0 radical (unpaired) electrons. The average Bonchev–Trinajstić information content (AvgIpc) is 2.95. The van der Waals surface area contributed by atoms with Crippen LogP contribution in [0.25, 0.3) is 0 Å². The lowest BCUT2D eigenvalue weighted by atomic mass is 10.0. The van der Waals surface area contributed by atoms with E-state index >= 15 is 0 Å². The number of hydrogen-bond donors (Lipinski definition) is 0. The SMILES string of the molecule is CCN1CCOC(C(=O)c2cccc3c2OCC3)C1. The lowest BCUT2D eigenvalue weighted by molar-refractivity contribution is -0.0149. The maximum atomic E-state index is 12.6. The van der Waals surface area contributed by atoms with Crippen molar-refractivity contribution in [2.75, 3.05) is 32.8 Å². The van der Waals surface area contributed by atoms with Crippen LogP contribution in [0.5, 0.6) is 5.75 Å². The summed E-state index contributed by atoms with van der Waals surface area (Å²) in [4.78, 5) is 14.8. The Morgan fingerprint density at radius 1 is 1.42 bits per heavy atom. The van der Waals surface area contributed by atoms with Gasteiger partial charge in [0.2, 0.25) is 0 Å². The molecule has 1 unspecified atom stereocenters. The van der Waals surface area contributed by atoms with Crippen LogP contribution in [-0.4, -0.2) is 49.6 Å². The number of ether oxygens (including phenoxy) is 2. The molecule has 0 N–H and O–H groups in total. The Hall–Kier alpha value is -1.39. The minimum absolute atomic E-state index is 0.0527. The van der Waals surface area contributed by atoms with E-state index in [1.165, 1.54) is 0 Å². The van der Waals surface area contributed by atoms with Crippen molar-refractivity contribution < 1.29 is 14.3 Å². The van der Waals surface area contributed by atoms with Crippen molar-refractivity contribution in [1.29, 1.82) is 0 Å². The zero-order chi connectivity index (χ0) is 13.2. The number of carbonyl (C=O) groups excluding carboxylic acids is 1. The molecule has 2 aliphatic rings. The molecule has 19 heavy (non-hydrogen) atoms. The molecule has 0 aliphatic carbocycles. The molecule has 102 valence electrons. The molecular formula is C15H19NO3. The second-order valence-electron chi connectivity index (χ2n) is 5.01. The van der Waals surface area contributed by atoms with Gasteiger partial charge in [0.15, 0.2) is 5.78 Å². The van der Waals surface area contributed by atoms with E-state index in [4.69, 9.17) is 9.47 Å². The van der Waals surface area contributed by atoms with Gasteiger partial charge >= 0.3 is 0 Å². The molecule has 4 nitrogen and oxygen atoms in total. The fourth-order valence-corrected chi connectivity index (χ4v) is 2.73. The lowest BCUT2D eigenvalue weighted by Crippen LogP contribution is -2.45. The maximum absolute atomic E-state index is 12.6. The predicted octanol–water partition coefficient (Wildman–Crippen LogP) is 1.52. The fraction of sp³-hybridized carbons (Fsp3) is 0.533. The number of nitrogens with zero attached hydrogens (tertiary/aromatic N) is 1. The molecule has 0 aromatic heterocycles. The number of carbonyl (C=O) groups is 1. The van der Waals surface area contributed by atoms with Gasteiger partial charge < -0.3 is 9.47 Å². The van der Waals surface area contributed by atoms with Crippen LogP contribution in [0.3, 0.4) is 0 Å². The molecule has 1 aromatic carbocycles. The molecule has 2 heterocycles. The summed E-state index contributed by atoms with van der Waals surface area (Å²) in [7, 11) is 0. The number of benzene rings is 1. The highest BCUT2D eigenvalue weighted by Crippen LogP contribution is 2.30. The van der Waals surface area contributed by atoms with E-state index < -0.39 is 0 Å². The van der Waals surface area contributed by atoms with Gasteiger partial charge in [0, 0.05) is 19.5 Å². The zero-order valence-electron chi connectivity index (χ0n) is 11.2. The van der Waals surface area contributed by atoms with E-state index in [0.717, 1.165) is 30.8 Å². The summed E-state index contributed by atoms with van der Waals surface area (Å²) in [5.74, 6) is 0.821. The number of rotatable bonds is 3. The second kappa shape index (κ2) is 5.31. The fourth-order valence-electron chi connectivity index (χ4n) is 2.73. The van der Waals surface area contributed by atoms with Crippen molar-refractivity contribution in [3.63, 3.8) is 0 Å². The van der Waals surface area contributed by atoms with Gasteiger partial charge in [0.1, 0.15) is 11.9 Å². The van der Waals surface area contributed by atoms with Crippen LogP contribution in [0, 0.1) is 0 Å². The Balaban J connectivity index is 1.82. The first-order valence-corrected chi connectivity index (χ1v) is 6.92. The van der Waals surface area contributed by atoms with E-state index in [0.29, 0.717) is 25.3 Å². The molecular weight excluding hydrogens is 242 g/mol. The van der Waals surface area contributed by atoms with Gasteiger partial charge in [-0.15, -0.1) is 0 Å². The third-order valence-corrected chi connectivity index (χ3v) is 3.87. The summed E-state index contributed by atoms with van der Waals surface area (Å²) in [6, 6.07) is 5.81. The second-order valence-corrected chi connectivity index (χ2v) is 5.01. The number of ketones is 1. The highest BCUT2D eigenvalue weighted by atomic mass is 16.5. The molecule has 0 amide bonds. The van der Waals surface area contributed by atoms with Crippen molar-refractivity contribution in [2.24, 2.45) is 0 Å². The number of Topliss-reactive ketones (excluding diaryl/α,β-unsaturated/α-hetero) is 1. The zero-order valence-corrected chi connectivity index (χ0v) is 11.2. The first-order valence-electron chi connectivity index (χ1n) is 6.92. The summed E-state index contributed by atoms with van der Waals surface area (Å²) in [5.41, 5.74) is 1.81. The molecule has 3 rings (SSSR count). The largest absolute Gasteiger partial charge is 0.492 e. The third-order valence-electron chi connectivity index (χ3n) is 3.87. The molecule has 4 heteroatoms. The number of hydrogen-bond acceptors (Lipinski definition) is 4. The van der Waals surface area contributed by atoms with Gasteiger partial charge in [0.25, 0.3) is 0 Å². The Kier molecular flexibility index (Phi) is 3.53. The van der Waals surface area contributed by atoms with Gasteiger partial charge in [-0.05, 0) is 18.2 Å². The Bertz CT molecular complexity index is 486. The first kappa shape index (κ1) is 12.6. The minimum atomic E-state index is -0.357. The number of morpholine rings is 1. The topological polar surface area (TPSA) is 38.8 Å². The maximum Gasteiger partial charge on any atom is 0.196 e. The molecule has 0 bridgehead atoms. The average molecular weight is 261 g/mol. The van der Waals surface area contributed by atoms with Crippen LogP contribution in [0.1, 0.15) is 22.8 Å². The Labute approximate surface area is 113 Å². The molecule has 2 aliphatic heterocycles. The normalized spacial score (nSPS) is 22.9. The standard InChI is InChI=1S/C15H19NO3/c1-2-16-7-9-18-13(10-16)14(17)12-5-3-4-11-6-8-19-15(11)12/h3-5,13H,2,6-10H2,1H3. The quantitative estimate of drug-likeness (QED) is 0.773. The van der Waals surface area contributed by atoms with Gasteiger partial charge in [-0.1, -0.05) is 19.1 Å². The molecule has 0 spiro atoms. The third kappa shape index (κ3) is 2.38. The van der Waals surface area contributed by atoms with Crippen molar-refractivity contribution >= 4 is 5.78 Å². The van der Waals surface area contributed by atoms with E-state index in [9.17, 15) is 4.79 Å². The van der Waals surface area contributed by atoms with E-state index in [-0.39, 0.29) is 11.9 Å². The van der Waals surface area contributed by atoms with Gasteiger partial charge in [-0.25, -0.2) is 0 Å². The van der Waals surface area contributed by atoms with Crippen molar-refractivity contribution in [1.82, 2.24) is 4.90 Å². The van der Waals surface area contributed by atoms with E-state index in [1.54, 1.807) is 0 Å². The monoisotopic (exact) mass is 261 g/mol. The molecule has 1 atom stereocenters. The number of likely N-dealkylation sites (N-methyl/N-ethyl adjacent to an activating group) is 1. The Morgan fingerprint density at radius 3 is 3.16 bits per heavy atom. The van der Waals surface area contributed by atoms with Crippen LogP contribution in [0.4, 0.5) is 0 Å². The first-order chi connectivity index (χ1) is 9.29. The van der Waals surface area contributed by atoms with Crippen molar-refractivity contribution in [3.05, 3.63) is 29.3 Å². The summed E-state index contributed by atoms with van der Waals surface area (Å²) < 4.78 is 11.2. The summed E-state index contributed by atoms with van der Waals surface area (Å²) in [6.07, 6.45) is 0.535. The van der Waals surface area contributed by atoms with Crippen LogP contribution in [0.2, 0.25) is 0 Å². The summed E-state index contributed by atoms with van der Waals surface area (Å²) in [5, 5.41) is 0. The smallest absolute Gasteiger partial charge is 0.196 e. The number of fused-ring (bicyclic) bond motifs is 1. The van der Waals surface area contributed by atoms with Crippen molar-refractivity contribution in [3.8, 4) is 5.75 Å². The molecule has 0 saturated carbocycles. The van der Waals surface area contributed by atoms with Crippen LogP contribution in [0.15, 0.2) is 18.2 Å². The van der Waals surface area contributed by atoms with Gasteiger partial charge in [-0.2, -0.15) is 0 Å². The minimum Gasteiger partial charge on any atom is -0.492 e. The van der Waals surface area contributed by atoms with Gasteiger partial charge in [0.05, 0.1) is 18.8 Å². The van der Waals surface area contributed by atoms with Gasteiger partial charge in [-0.3, -0.25) is 9.69 Å². The lowest BCUT2D eigenvalue weighted by Gasteiger charge is -2.31. The van der Waals surface area contributed by atoms with Crippen LogP contribution >= 0.6 is 0 Å². The van der Waals surface area contributed by atoms with Crippen molar-refractivity contribution in [2.45, 2.75) is 19.4 Å². The highest BCUT2D eigenvalue weighted by Gasteiger charge is 2.30. The highest BCUT2D eigenvalue weighted by molar-refractivity contribution is 6.02. The summed E-state index contributed by atoms with van der Waals surface area (Å²) in [6.45, 7) is 5.95. The summed E-state index contributed by atoms with van der Waals surface area (Å²) >= 11 is 0.